The fraction of sp³-hybridized carbons (Fsp3) is 0.0952. The second-order valence-corrected chi connectivity index (χ2v) is 5.89. The van der Waals surface area contributed by atoms with E-state index in [1.807, 2.05) is 12.1 Å². The van der Waals surface area contributed by atoms with Crippen LogP contribution in [0.1, 0.15) is 22.8 Å². The topological polar surface area (TPSA) is 80.3 Å². The minimum absolute atomic E-state index is 0.166. The number of amides is 2. The molecule has 3 aromatic rings. The molecule has 3 rings (SSSR count). The van der Waals surface area contributed by atoms with E-state index in [2.05, 4.69) is 15.6 Å². The van der Waals surface area contributed by atoms with Crippen molar-refractivity contribution in [2.24, 2.45) is 0 Å². The number of carbonyl (C=O) groups excluding carboxylic acids is 2. The number of pyridine rings is 1. The summed E-state index contributed by atoms with van der Waals surface area (Å²) in [6, 6.07) is 17.7. The summed E-state index contributed by atoms with van der Waals surface area (Å²) in [5.41, 5.74) is 2.70. The van der Waals surface area contributed by atoms with Crippen molar-refractivity contribution >= 4 is 23.2 Å². The molecule has 2 N–H and O–H groups in total. The fourth-order valence-electron chi connectivity index (χ4n) is 2.43. The molecule has 0 saturated carbocycles. The Morgan fingerprint density at radius 1 is 0.963 bits per heavy atom. The second-order valence-electron chi connectivity index (χ2n) is 5.89. The van der Waals surface area contributed by atoms with Gasteiger partial charge in [0.15, 0.2) is 0 Å². The van der Waals surface area contributed by atoms with Crippen LogP contribution < -0.4 is 15.4 Å². The molecule has 0 aliphatic carbocycles. The highest BCUT2D eigenvalue weighted by molar-refractivity contribution is 6.04. The van der Waals surface area contributed by atoms with Crippen LogP contribution in [-0.4, -0.2) is 16.8 Å². The Hall–Kier alpha value is -3.67. The van der Waals surface area contributed by atoms with Crippen LogP contribution in [-0.2, 0) is 11.4 Å². The summed E-state index contributed by atoms with van der Waals surface area (Å²) < 4.78 is 5.69. The maximum absolute atomic E-state index is 12.4. The first-order chi connectivity index (χ1) is 13.1. The smallest absolute Gasteiger partial charge is 0.255 e. The van der Waals surface area contributed by atoms with Gasteiger partial charge in [0, 0.05) is 41.8 Å². The zero-order valence-electron chi connectivity index (χ0n) is 14.8. The van der Waals surface area contributed by atoms with Gasteiger partial charge in [0.25, 0.3) is 5.91 Å². The summed E-state index contributed by atoms with van der Waals surface area (Å²) in [7, 11) is 0. The molecule has 0 aliphatic rings. The Balaban J connectivity index is 1.59. The minimum atomic E-state index is -0.242. The van der Waals surface area contributed by atoms with Crippen LogP contribution >= 0.6 is 0 Å². The number of nitrogens with one attached hydrogen (secondary N) is 2. The predicted octanol–water partition coefficient (Wildman–Crippen LogP) is 3.87. The van der Waals surface area contributed by atoms with Crippen LogP contribution in [0.4, 0.5) is 11.4 Å². The van der Waals surface area contributed by atoms with Gasteiger partial charge in [0.1, 0.15) is 12.4 Å². The van der Waals surface area contributed by atoms with Crippen LogP contribution in [0.5, 0.6) is 5.75 Å². The van der Waals surface area contributed by atoms with Crippen LogP contribution in [0.15, 0.2) is 73.1 Å². The van der Waals surface area contributed by atoms with Crippen molar-refractivity contribution in [2.45, 2.75) is 13.5 Å². The van der Waals surface area contributed by atoms with Crippen LogP contribution in [0.3, 0.4) is 0 Å². The molecule has 0 aliphatic heterocycles. The highest BCUT2D eigenvalue weighted by Gasteiger charge is 2.07. The maximum Gasteiger partial charge on any atom is 0.255 e. The second kappa shape index (κ2) is 8.62. The zero-order valence-corrected chi connectivity index (χ0v) is 14.8. The van der Waals surface area contributed by atoms with Crippen molar-refractivity contribution in [3.05, 3.63) is 84.2 Å². The number of benzene rings is 2. The van der Waals surface area contributed by atoms with E-state index < -0.39 is 0 Å². The first-order valence-corrected chi connectivity index (χ1v) is 8.41. The number of rotatable bonds is 6. The lowest BCUT2D eigenvalue weighted by molar-refractivity contribution is -0.114. The van der Waals surface area contributed by atoms with E-state index >= 15 is 0 Å². The first-order valence-electron chi connectivity index (χ1n) is 8.41. The molecule has 27 heavy (non-hydrogen) atoms. The van der Waals surface area contributed by atoms with E-state index in [1.54, 1.807) is 60.9 Å². The van der Waals surface area contributed by atoms with Gasteiger partial charge in [-0.25, -0.2) is 0 Å². The molecule has 2 amide bonds. The molecular formula is C21H19N3O3. The van der Waals surface area contributed by atoms with E-state index in [0.717, 1.165) is 5.56 Å². The van der Waals surface area contributed by atoms with Crippen LogP contribution in [0.25, 0.3) is 0 Å². The Bertz CT molecular complexity index is 925. The Labute approximate surface area is 157 Å². The average molecular weight is 361 g/mol. The Morgan fingerprint density at radius 3 is 2.37 bits per heavy atom. The molecule has 6 heteroatoms. The number of aromatic nitrogens is 1. The summed E-state index contributed by atoms with van der Waals surface area (Å²) >= 11 is 0. The molecule has 0 unspecified atom stereocenters. The van der Waals surface area contributed by atoms with E-state index in [-0.39, 0.29) is 11.8 Å². The molecule has 0 atom stereocenters. The molecule has 1 aromatic heterocycles. The molecule has 6 nitrogen and oxygen atoms in total. The Kier molecular flexibility index (Phi) is 5.79. The molecular weight excluding hydrogens is 342 g/mol. The number of ether oxygens (including phenoxy) is 1. The van der Waals surface area contributed by atoms with Crippen molar-refractivity contribution in [2.75, 3.05) is 10.6 Å². The summed E-state index contributed by atoms with van der Waals surface area (Å²) in [5.74, 6) is 0.261. The van der Waals surface area contributed by atoms with Crippen molar-refractivity contribution in [3.8, 4) is 5.75 Å². The molecule has 0 spiro atoms. The van der Waals surface area contributed by atoms with Gasteiger partial charge in [-0.1, -0.05) is 12.1 Å². The van der Waals surface area contributed by atoms with Crippen molar-refractivity contribution in [1.82, 2.24) is 4.98 Å². The average Bonchev–Trinajstić information content (AvgIpc) is 2.67. The van der Waals surface area contributed by atoms with Gasteiger partial charge in [0.05, 0.1) is 0 Å². The van der Waals surface area contributed by atoms with Gasteiger partial charge < -0.3 is 15.4 Å². The molecule has 2 aromatic carbocycles. The number of hydrogen-bond donors (Lipinski definition) is 2. The lowest BCUT2D eigenvalue weighted by Crippen LogP contribution is -2.12. The number of nitrogens with zero attached hydrogens (tertiary/aromatic N) is 1. The summed E-state index contributed by atoms with van der Waals surface area (Å²) in [5, 5.41) is 5.49. The van der Waals surface area contributed by atoms with Crippen molar-refractivity contribution in [1.29, 1.82) is 0 Å². The zero-order chi connectivity index (χ0) is 19.1. The van der Waals surface area contributed by atoms with Crippen molar-refractivity contribution in [3.63, 3.8) is 0 Å². The predicted molar refractivity (Wildman–Crippen MR) is 104 cm³/mol. The lowest BCUT2D eigenvalue weighted by Gasteiger charge is -2.09. The van der Waals surface area contributed by atoms with E-state index in [4.69, 9.17) is 4.74 Å². The van der Waals surface area contributed by atoms with Gasteiger partial charge in [-0.05, 0) is 48.5 Å². The van der Waals surface area contributed by atoms with Gasteiger partial charge in [-0.3, -0.25) is 14.6 Å². The standard InChI is InChI=1S/C21H19N3O3/c1-15(25)23-18-5-2-6-19(12-18)24-21(26)17-7-9-20(10-8-17)27-14-16-4-3-11-22-13-16/h2-13H,14H2,1H3,(H,23,25)(H,24,26). The normalized spacial score (nSPS) is 10.1. The molecule has 136 valence electrons. The van der Waals surface area contributed by atoms with E-state index in [0.29, 0.717) is 29.3 Å². The molecule has 1 heterocycles. The highest BCUT2D eigenvalue weighted by atomic mass is 16.5. The third kappa shape index (κ3) is 5.40. The summed E-state index contributed by atoms with van der Waals surface area (Å²) in [4.78, 5) is 27.6. The maximum atomic E-state index is 12.4. The quantitative estimate of drug-likeness (QED) is 0.698. The van der Waals surface area contributed by atoms with Crippen molar-refractivity contribution < 1.29 is 14.3 Å². The highest BCUT2D eigenvalue weighted by Crippen LogP contribution is 2.18. The number of hydrogen-bond acceptors (Lipinski definition) is 4. The van der Waals surface area contributed by atoms with Gasteiger partial charge in [-0.2, -0.15) is 0 Å². The first kappa shape index (κ1) is 18.1. The largest absolute Gasteiger partial charge is 0.489 e. The SMILES string of the molecule is CC(=O)Nc1cccc(NC(=O)c2ccc(OCc3cccnc3)cc2)c1. The fourth-order valence-corrected chi connectivity index (χ4v) is 2.43. The third-order valence-corrected chi connectivity index (χ3v) is 3.69. The van der Waals surface area contributed by atoms with Gasteiger partial charge in [-0.15, -0.1) is 0 Å². The molecule has 0 saturated heterocycles. The summed E-state index contributed by atoms with van der Waals surface area (Å²) in [6.45, 7) is 1.85. The molecule has 0 bridgehead atoms. The number of anilines is 2. The van der Waals surface area contributed by atoms with Gasteiger partial charge >= 0.3 is 0 Å². The van der Waals surface area contributed by atoms with Crippen LogP contribution in [0.2, 0.25) is 0 Å². The Morgan fingerprint density at radius 2 is 1.70 bits per heavy atom. The number of carbonyl (C=O) groups is 2. The monoisotopic (exact) mass is 361 g/mol. The lowest BCUT2D eigenvalue weighted by atomic mass is 10.2. The third-order valence-electron chi connectivity index (χ3n) is 3.69. The van der Waals surface area contributed by atoms with E-state index in [9.17, 15) is 9.59 Å². The molecule has 0 radical (unpaired) electrons. The van der Waals surface area contributed by atoms with Crippen LogP contribution in [0, 0.1) is 0 Å². The minimum Gasteiger partial charge on any atom is -0.489 e. The van der Waals surface area contributed by atoms with Gasteiger partial charge in [0.2, 0.25) is 5.91 Å². The molecule has 0 fully saturated rings. The summed E-state index contributed by atoms with van der Waals surface area (Å²) in [6.07, 6.45) is 3.46. The van der Waals surface area contributed by atoms with E-state index in [1.165, 1.54) is 6.92 Å².